The van der Waals surface area contributed by atoms with Gasteiger partial charge in [0.25, 0.3) is 0 Å². The standard InChI is InChI=1S/C25H26N2O/c1-18-16-19(10-11-27-12-14-28-15-13-27)25(22-8-3-2-6-20(18)22)23-17-26-24-9-5-4-7-21(23)24/h2-9,16-17,26H,10-15H2,1H3. The fraction of sp³-hybridized carbons (Fsp3) is 0.280. The predicted molar refractivity (Wildman–Crippen MR) is 117 cm³/mol. The first-order valence-corrected chi connectivity index (χ1v) is 10.2. The number of ether oxygens (including phenoxy) is 1. The summed E-state index contributed by atoms with van der Waals surface area (Å²) < 4.78 is 5.51. The molecule has 0 aliphatic carbocycles. The smallest absolute Gasteiger partial charge is 0.0594 e. The number of benzene rings is 3. The fourth-order valence-electron chi connectivity index (χ4n) is 4.53. The molecule has 4 aromatic rings. The molecule has 1 aliphatic rings. The van der Waals surface area contributed by atoms with Gasteiger partial charge in [-0.15, -0.1) is 0 Å². The predicted octanol–water partition coefficient (Wildman–Crippen LogP) is 5.17. The first-order chi connectivity index (χ1) is 13.8. The quantitative estimate of drug-likeness (QED) is 0.537. The van der Waals surface area contributed by atoms with Crippen LogP contribution in [0, 0.1) is 6.92 Å². The Bertz CT molecular complexity index is 1120. The van der Waals surface area contributed by atoms with E-state index in [9.17, 15) is 0 Å². The zero-order valence-corrected chi connectivity index (χ0v) is 16.4. The number of hydrogen-bond donors (Lipinski definition) is 1. The summed E-state index contributed by atoms with van der Waals surface area (Å²) in [6.45, 7) is 7.10. The van der Waals surface area contributed by atoms with Crippen molar-refractivity contribution in [3.8, 4) is 11.1 Å². The summed E-state index contributed by atoms with van der Waals surface area (Å²) in [5.41, 5.74) is 6.68. The lowest BCUT2D eigenvalue weighted by Gasteiger charge is -2.27. The van der Waals surface area contributed by atoms with Gasteiger partial charge in [-0.2, -0.15) is 0 Å². The Morgan fingerprint density at radius 2 is 1.64 bits per heavy atom. The van der Waals surface area contributed by atoms with E-state index in [1.807, 2.05) is 0 Å². The number of para-hydroxylation sites is 1. The summed E-state index contributed by atoms with van der Waals surface area (Å²) in [5, 5.41) is 3.99. The molecule has 0 unspecified atom stereocenters. The van der Waals surface area contributed by atoms with E-state index >= 15 is 0 Å². The molecule has 3 heteroatoms. The summed E-state index contributed by atoms with van der Waals surface area (Å²) in [6, 6.07) is 19.8. The van der Waals surface area contributed by atoms with Gasteiger partial charge in [0.05, 0.1) is 13.2 Å². The first kappa shape index (κ1) is 17.5. The van der Waals surface area contributed by atoms with Crippen LogP contribution in [-0.2, 0) is 11.2 Å². The van der Waals surface area contributed by atoms with Crippen LogP contribution in [0.1, 0.15) is 11.1 Å². The van der Waals surface area contributed by atoms with Gasteiger partial charge in [-0.05, 0) is 46.9 Å². The van der Waals surface area contributed by atoms with Crippen LogP contribution in [0.15, 0.2) is 60.8 Å². The average molecular weight is 370 g/mol. The van der Waals surface area contributed by atoms with Crippen molar-refractivity contribution in [1.29, 1.82) is 0 Å². The lowest BCUT2D eigenvalue weighted by Crippen LogP contribution is -2.37. The van der Waals surface area contributed by atoms with Crippen LogP contribution in [0.4, 0.5) is 0 Å². The molecular formula is C25H26N2O. The third-order valence-electron chi connectivity index (χ3n) is 5.99. The fourth-order valence-corrected chi connectivity index (χ4v) is 4.53. The minimum atomic E-state index is 0.853. The molecule has 28 heavy (non-hydrogen) atoms. The summed E-state index contributed by atoms with van der Waals surface area (Å²) in [5.74, 6) is 0. The number of nitrogens with zero attached hydrogens (tertiary/aromatic N) is 1. The van der Waals surface area contributed by atoms with Crippen molar-refractivity contribution in [2.75, 3.05) is 32.8 Å². The van der Waals surface area contributed by atoms with Gasteiger partial charge in [-0.3, -0.25) is 4.90 Å². The van der Waals surface area contributed by atoms with Crippen LogP contribution >= 0.6 is 0 Å². The second-order valence-electron chi connectivity index (χ2n) is 7.73. The molecule has 1 fully saturated rings. The van der Waals surface area contributed by atoms with E-state index in [1.54, 1.807) is 0 Å². The second kappa shape index (κ2) is 7.42. The summed E-state index contributed by atoms with van der Waals surface area (Å²) in [6.07, 6.45) is 3.24. The number of aryl methyl sites for hydroxylation is 1. The van der Waals surface area contributed by atoms with Crippen LogP contribution in [0.5, 0.6) is 0 Å². The Morgan fingerprint density at radius 3 is 2.46 bits per heavy atom. The number of morpholine rings is 1. The molecule has 1 N–H and O–H groups in total. The van der Waals surface area contributed by atoms with Gasteiger partial charge < -0.3 is 9.72 Å². The number of hydrogen-bond acceptors (Lipinski definition) is 2. The SMILES string of the molecule is Cc1cc(CCN2CCOCC2)c(-c2c[nH]c3ccccc23)c2ccccc12. The third kappa shape index (κ3) is 3.11. The normalized spacial score (nSPS) is 15.5. The van der Waals surface area contributed by atoms with E-state index in [0.717, 1.165) is 39.3 Å². The van der Waals surface area contributed by atoms with Crippen LogP contribution < -0.4 is 0 Å². The highest BCUT2D eigenvalue weighted by Gasteiger charge is 2.17. The van der Waals surface area contributed by atoms with Crippen molar-refractivity contribution in [2.24, 2.45) is 0 Å². The van der Waals surface area contributed by atoms with E-state index in [1.165, 1.54) is 43.9 Å². The van der Waals surface area contributed by atoms with Crippen molar-refractivity contribution >= 4 is 21.7 Å². The molecule has 0 bridgehead atoms. The van der Waals surface area contributed by atoms with E-state index in [2.05, 4.69) is 77.6 Å². The molecule has 0 radical (unpaired) electrons. The van der Waals surface area contributed by atoms with Crippen LogP contribution in [0.25, 0.3) is 32.8 Å². The monoisotopic (exact) mass is 370 g/mol. The van der Waals surface area contributed by atoms with Crippen LogP contribution in [0.3, 0.4) is 0 Å². The minimum absolute atomic E-state index is 0.853. The van der Waals surface area contributed by atoms with Gasteiger partial charge in [0, 0.05) is 42.3 Å². The number of nitrogens with one attached hydrogen (secondary N) is 1. The summed E-state index contributed by atoms with van der Waals surface area (Å²) in [7, 11) is 0. The van der Waals surface area contributed by atoms with Gasteiger partial charge in [-0.1, -0.05) is 48.5 Å². The summed E-state index contributed by atoms with van der Waals surface area (Å²) in [4.78, 5) is 5.99. The number of aromatic amines is 1. The van der Waals surface area contributed by atoms with Gasteiger partial charge >= 0.3 is 0 Å². The van der Waals surface area contributed by atoms with E-state index < -0.39 is 0 Å². The molecule has 0 amide bonds. The van der Waals surface area contributed by atoms with Crippen LogP contribution in [0.2, 0.25) is 0 Å². The maximum atomic E-state index is 5.51. The van der Waals surface area contributed by atoms with Crippen molar-refractivity contribution in [3.63, 3.8) is 0 Å². The Hall–Kier alpha value is -2.62. The maximum absolute atomic E-state index is 5.51. The Kier molecular flexibility index (Phi) is 4.63. The average Bonchev–Trinajstić information content (AvgIpc) is 3.17. The topological polar surface area (TPSA) is 28.3 Å². The van der Waals surface area contributed by atoms with Crippen molar-refractivity contribution in [1.82, 2.24) is 9.88 Å². The lowest BCUT2D eigenvalue weighted by atomic mass is 9.89. The third-order valence-corrected chi connectivity index (χ3v) is 5.99. The molecule has 0 saturated carbocycles. The Balaban J connectivity index is 1.65. The Morgan fingerprint density at radius 1 is 0.929 bits per heavy atom. The highest BCUT2D eigenvalue weighted by Crippen LogP contribution is 2.38. The van der Waals surface area contributed by atoms with E-state index in [0.29, 0.717) is 0 Å². The van der Waals surface area contributed by atoms with Crippen molar-refractivity contribution in [2.45, 2.75) is 13.3 Å². The summed E-state index contributed by atoms with van der Waals surface area (Å²) >= 11 is 0. The largest absolute Gasteiger partial charge is 0.379 e. The van der Waals surface area contributed by atoms with Crippen molar-refractivity contribution in [3.05, 3.63) is 71.9 Å². The second-order valence-corrected chi connectivity index (χ2v) is 7.73. The first-order valence-electron chi connectivity index (χ1n) is 10.2. The van der Waals surface area contributed by atoms with Gasteiger partial charge in [-0.25, -0.2) is 0 Å². The molecule has 3 nitrogen and oxygen atoms in total. The number of H-pyrrole nitrogens is 1. The van der Waals surface area contributed by atoms with E-state index in [4.69, 9.17) is 4.74 Å². The molecule has 5 rings (SSSR count). The zero-order chi connectivity index (χ0) is 18.9. The molecular weight excluding hydrogens is 344 g/mol. The molecule has 0 atom stereocenters. The van der Waals surface area contributed by atoms with Crippen LogP contribution in [-0.4, -0.2) is 42.7 Å². The lowest BCUT2D eigenvalue weighted by molar-refractivity contribution is 0.0384. The van der Waals surface area contributed by atoms with Gasteiger partial charge in [0.15, 0.2) is 0 Å². The maximum Gasteiger partial charge on any atom is 0.0594 e. The van der Waals surface area contributed by atoms with Crippen molar-refractivity contribution < 1.29 is 4.74 Å². The molecule has 142 valence electrons. The number of aromatic nitrogens is 1. The zero-order valence-electron chi connectivity index (χ0n) is 16.4. The highest BCUT2D eigenvalue weighted by molar-refractivity contribution is 6.07. The van der Waals surface area contributed by atoms with E-state index in [-0.39, 0.29) is 0 Å². The molecule has 1 aliphatic heterocycles. The Labute approximate surface area is 165 Å². The minimum Gasteiger partial charge on any atom is -0.379 e. The highest BCUT2D eigenvalue weighted by atomic mass is 16.5. The number of rotatable bonds is 4. The molecule has 3 aromatic carbocycles. The number of fused-ring (bicyclic) bond motifs is 2. The van der Waals surface area contributed by atoms with Gasteiger partial charge in [0.1, 0.15) is 0 Å². The molecule has 1 aromatic heterocycles. The molecule has 2 heterocycles. The van der Waals surface area contributed by atoms with Gasteiger partial charge in [0.2, 0.25) is 0 Å². The molecule has 0 spiro atoms. The molecule has 1 saturated heterocycles.